The number of unbranched alkanes of at least 4 members (excludes halogenated alkanes) is 1. The first-order valence-electron chi connectivity index (χ1n) is 8.45. The lowest BCUT2D eigenvalue weighted by Crippen LogP contribution is -2.50. The highest BCUT2D eigenvalue weighted by molar-refractivity contribution is 7.80. The largest absolute Gasteiger partial charge is 0.326 e. The number of nitrogens with one attached hydrogen (secondary N) is 4. The fraction of sp³-hybridized carbons (Fsp3) is 0.444. The molecule has 8 heteroatoms. The van der Waals surface area contributed by atoms with Crippen LogP contribution in [0.25, 0.3) is 0 Å². The molecule has 1 rings (SSSR count). The van der Waals surface area contributed by atoms with Gasteiger partial charge in [0, 0.05) is 23.1 Å². The normalized spacial score (nSPS) is 10.6. The van der Waals surface area contributed by atoms with Crippen molar-refractivity contribution in [2.75, 3.05) is 5.32 Å². The topological polar surface area (TPSA) is 99.3 Å². The lowest BCUT2D eigenvalue weighted by Gasteiger charge is -2.18. The Morgan fingerprint density at radius 2 is 1.65 bits per heavy atom. The van der Waals surface area contributed by atoms with E-state index >= 15 is 0 Å². The second kappa shape index (κ2) is 9.86. The van der Waals surface area contributed by atoms with E-state index in [4.69, 9.17) is 12.2 Å². The Kier molecular flexibility index (Phi) is 8.18. The third-order valence-corrected chi connectivity index (χ3v) is 3.59. The molecule has 0 aromatic heterocycles. The van der Waals surface area contributed by atoms with Crippen LogP contribution in [0, 0.1) is 5.41 Å². The molecule has 1 aromatic carbocycles. The van der Waals surface area contributed by atoms with Gasteiger partial charge in [-0.3, -0.25) is 25.2 Å². The van der Waals surface area contributed by atoms with Crippen LogP contribution in [0.1, 0.15) is 57.3 Å². The molecule has 7 nitrogen and oxygen atoms in total. The lowest BCUT2D eigenvalue weighted by molar-refractivity contribution is -0.127. The van der Waals surface area contributed by atoms with Crippen molar-refractivity contribution in [1.29, 1.82) is 0 Å². The van der Waals surface area contributed by atoms with Gasteiger partial charge in [-0.05, 0) is 42.9 Å². The molecule has 142 valence electrons. The summed E-state index contributed by atoms with van der Waals surface area (Å²) >= 11 is 4.97. The zero-order chi connectivity index (χ0) is 19.7. The van der Waals surface area contributed by atoms with Crippen molar-refractivity contribution >= 4 is 40.7 Å². The molecule has 0 radical (unpaired) electrons. The average Bonchev–Trinajstić information content (AvgIpc) is 2.57. The predicted molar refractivity (Wildman–Crippen MR) is 105 cm³/mol. The number of hydrogen-bond donors (Lipinski definition) is 4. The monoisotopic (exact) mass is 378 g/mol. The Balaban J connectivity index is 2.49. The first kappa shape index (κ1) is 21.6. The Morgan fingerprint density at radius 1 is 1.04 bits per heavy atom. The lowest BCUT2D eigenvalue weighted by atomic mass is 9.96. The van der Waals surface area contributed by atoms with Crippen molar-refractivity contribution < 1.29 is 14.4 Å². The van der Waals surface area contributed by atoms with E-state index in [1.54, 1.807) is 45.0 Å². The van der Waals surface area contributed by atoms with Crippen molar-refractivity contribution in [1.82, 2.24) is 16.2 Å². The molecular formula is C18H26N4O3S. The maximum absolute atomic E-state index is 12.1. The summed E-state index contributed by atoms with van der Waals surface area (Å²) in [6.07, 6.45) is 2.27. The molecule has 0 atom stereocenters. The summed E-state index contributed by atoms with van der Waals surface area (Å²) in [7, 11) is 0. The summed E-state index contributed by atoms with van der Waals surface area (Å²) in [5.41, 5.74) is 5.32. The Bertz CT molecular complexity index is 666. The maximum Gasteiger partial charge on any atom is 0.269 e. The summed E-state index contributed by atoms with van der Waals surface area (Å²) in [6, 6.07) is 6.48. The quantitative estimate of drug-likeness (QED) is 0.466. The number of rotatable bonds is 5. The minimum Gasteiger partial charge on any atom is -0.326 e. The molecule has 0 aliphatic heterocycles. The first-order valence-corrected chi connectivity index (χ1v) is 8.86. The highest BCUT2D eigenvalue weighted by Crippen LogP contribution is 2.12. The van der Waals surface area contributed by atoms with Gasteiger partial charge >= 0.3 is 0 Å². The third kappa shape index (κ3) is 7.60. The van der Waals surface area contributed by atoms with Gasteiger partial charge in [0.15, 0.2) is 5.11 Å². The predicted octanol–water partition coefficient (Wildman–Crippen LogP) is 2.50. The number of anilines is 1. The van der Waals surface area contributed by atoms with Gasteiger partial charge in [-0.15, -0.1) is 0 Å². The van der Waals surface area contributed by atoms with E-state index in [0.29, 0.717) is 17.7 Å². The van der Waals surface area contributed by atoms with Gasteiger partial charge in [-0.25, -0.2) is 0 Å². The van der Waals surface area contributed by atoms with E-state index in [9.17, 15) is 14.4 Å². The molecule has 0 fully saturated rings. The molecule has 3 amide bonds. The number of amides is 3. The van der Waals surface area contributed by atoms with Gasteiger partial charge in [0.05, 0.1) is 0 Å². The van der Waals surface area contributed by atoms with Crippen LogP contribution in [-0.4, -0.2) is 22.8 Å². The molecule has 0 unspecified atom stereocenters. The number of hydrogen-bond acceptors (Lipinski definition) is 4. The minimum absolute atomic E-state index is 0.0121. The van der Waals surface area contributed by atoms with Gasteiger partial charge in [-0.2, -0.15) is 0 Å². The molecule has 26 heavy (non-hydrogen) atoms. The van der Waals surface area contributed by atoms with Crippen molar-refractivity contribution in [2.45, 2.75) is 47.0 Å². The highest BCUT2D eigenvalue weighted by Gasteiger charge is 2.22. The number of hydrazine groups is 1. The molecule has 0 spiro atoms. The average molecular weight is 378 g/mol. The summed E-state index contributed by atoms with van der Waals surface area (Å²) in [6.45, 7) is 7.29. The van der Waals surface area contributed by atoms with E-state index < -0.39 is 11.3 Å². The van der Waals surface area contributed by atoms with Gasteiger partial charge < -0.3 is 10.6 Å². The van der Waals surface area contributed by atoms with Gasteiger partial charge in [0.2, 0.25) is 11.8 Å². The maximum atomic E-state index is 12.1. The van der Waals surface area contributed by atoms with Crippen LogP contribution in [0.5, 0.6) is 0 Å². The molecule has 0 bridgehead atoms. The van der Waals surface area contributed by atoms with Crippen LogP contribution in [0.2, 0.25) is 0 Å². The fourth-order valence-electron chi connectivity index (χ4n) is 1.77. The third-order valence-electron chi connectivity index (χ3n) is 3.39. The molecule has 4 N–H and O–H groups in total. The van der Waals surface area contributed by atoms with E-state index in [1.165, 1.54) is 0 Å². The Morgan fingerprint density at radius 3 is 2.19 bits per heavy atom. The molecule has 0 aliphatic rings. The van der Waals surface area contributed by atoms with Gasteiger partial charge in [0.25, 0.3) is 5.91 Å². The zero-order valence-corrected chi connectivity index (χ0v) is 16.4. The molecule has 0 heterocycles. The van der Waals surface area contributed by atoms with Crippen LogP contribution >= 0.6 is 12.2 Å². The Hall–Kier alpha value is -2.48. The van der Waals surface area contributed by atoms with Gasteiger partial charge in [-0.1, -0.05) is 34.1 Å². The molecule has 0 aliphatic carbocycles. The molecule has 0 saturated heterocycles. The Labute approximate surface area is 159 Å². The summed E-state index contributed by atoms with van der Waals surface area (Å²) in [4.78, 5) is 35.5. The number of carbonyl (C=O) groups is 3. The fourth-order valence-corrected chi connectivity index (χ4v) is 1.92. The van der Waals surface area contributed by atoms with Crippen LogP contribution in [-0.2, 0) is 9.59 Å². The number of benzene rings is 1. The molecule has 0 saturated carbocycles. The highest BCUT2D eigenvalue weighted by atomic mass is 32.1. The summed E-state index contributed by atoms with van der Waals surface area (Å²) in [5, 5.41) is 5.28. The molecule has 1 aromatic rings. The minimum atomic E-state index is -0.590. The van der Waals surface area contributed by atoms with E-state index in [1.807, 2.05) is 6.92 Å². The van der Waals surface area contributed by atoms with Crippen LogP contribution in [0.4, 0.5) is 5.69 Å². The van der Waals surface area contributed by atoms with Crippen molar-refractivity contribution in [3.63, 3.8) is 0 Å². The number of carbonyl (C=O) groups excluding carboxylic acids is 3. The SMILES string of the molecule is CCCCC(=O)Nc1ccc(C(=O)NNC(=S)NC(=O)C(C)(C)C)cc1. The zero-order valence-electron chi connectivity index (χ0n) is 15.6. The van der Waals surface area contributed by atoms with Crippen LogP contribution < -0.4 is 21.5 Å². The number of thiocarbonyl (C=S) groups is 1. The summed E-state index contributed by atoms with van der Waals surface area (Å²) < 4.78 is 0. The van der Waals surface area contributed by atoms with Crippen LogP contribution in [0.15, 0.2) is 24.3 Å². The second-order valence-electron chi connectivity index (χ2n) is 6.84. The van der Waals surface area contributed by atoms with Crippen molar-refractivity contribution in [3.05, 3.63) is 29.8 Å². The van der Waals surface area contributed by atoms with Crippen molar-refractivity contribution in [3.8, 4) is 0 Å². The van der Waals surface area contributed by atoms with Gasteiger partial charge in [0.1, 0.15) is 0 Å². The van der Waals surface area contributed by atoms with E-state index in [0.717, 1.165) is 12.8 Å². The standard InChI is InChI=1S/C18H26N4O3S/c1-5-6-7-14(23)19-13-10-8-12(9-11-13)15(24)21-22-17(26)20-16(25)18(2,3)4/h8-11H,5-7H2,1-4H3,(H,19,23)(H,21,24)(H2,20,22,25,26). The smallest absolute Gasteiger partial charge is 0.269 e. The second-order valence-corrected chi connectivity index (χ2v) is 7.25. The van der Waals surface area contributed by atoms with Crippen molar-refractivity contribution in [2.24, 2.45) is 5.41 Å². The van der Waals surface area contributed by atoms with E-state index in [2.05, 4.69) is 21.5 Å². The van der Waals surface area contributed by atoms with E-state index in [-0.39, 0.29) is 16.9 Å². The first-order chi connectivity index (χ1) is 12.1. The molecular weight excluding hydrogens is 352 g/mol. The summed E-state index contributed by atoms with van der Waals surface area (Å²) in [5.74, 6) is -0.723. The van der Waals surface area contributed by atoms with Crippen LogP contribution in [0.3, 0.4) is 0 Å².